The molecule has 20 heavy (non-hydrogen) atoms. The number of hydrogen-bond donors (Lipinski definition) is 1. The first kappa shape index (κ1) is 14.4. The van der Waals surface area contributed by atoms with Gasteiger partial charge in [0.25, 0.3) is 0 Å². The second-order valence-corrected chi connectivity index (χ2v) is 5.07. The molecule has 0 bridgehead atoms. The van der Waals surface area contributed by atoms with Crippen LogP contribution in [0.2, 0.25) is 0 Å². The maximum atomic E-state index is 11.5. The fraction of sp³-hybridized carbons (Fsp3) is 0.133. The molecule has 2 aromatic carbocycles. The Morgan fingerprint density at radius 3 is 2.75 bits per heavy atom. The van der Waals surface area contributed by atoms with Crippen molar-refractivity contribution < 1.29 is 14.3 Å². The molecule has 0 spiro atoms. The van der Waals surface area contributed by atoms with E-state index in [1.807, 2.05) is 24.3 Å². The first-order valence-electron chi connectivity index (χ1n) is 5.95. The number of halogens is 1. The number of rotatable bonds is 4. The van der Waals surface area contributed by atoms with Crippen LogP contribution >= 0.6 is 15.9 Å². The summed E-state index contributed by atoms with van der Waals surface area (Å²) in [6, 6.07) is 12.7. The zero-order valence-electron chi connectivity index (χ0n) is 10.9. The van der Waals surface area contributed by atoms with E-state index in [9.17, 15) is 4.79 Å². The maximum Gasteiger partial charge on any atom is 0.340 e. The van der Waals surface area contributed by atoms with E-state index in [4.69, 9.17) is 10.5 Å². The number of carbonyl (C=O) groups is 1. The summed E-state index contributed by atoms with van der Waals surface area (Å²) in [4.78, 5) is 11.5. The maximum absolute atomic E-state index is 11.5. The van der Waals surface area contributed by atoms with Crippen LogP contribution in [0.5, 0.6) is 5.75 Å². The fourth-order valence-corrected chi connectivity index (χ4v) is 2.15. The Morgan fingerprint density at radius 2 is 2.05 bits per heavy atom. The van der Waals surface area contributed by atoms with Gasteiger partial charge in [0, 0.05) is 10.2 Å². The zero-order valence-corrected chi connectivity index (χ0v) is 12.5. The van der Waals surface area contributed by atoms with Crippen LogP contribution in [0.1, 0.15) is 15.9 Å². The minimum atomic E-state index is -0.476. The molecule has 2 N–H and O–H groups in total. The molecule has 0 saturated heterocycles. The summed E-state index contributed by atoms with van der Waals surface area (Å²) < 4.78 is 11.3. The molecule has 0 atom stereocenters. The summed E-state index contributed by atoms with van der Waals surface area (Å²) in [6.07, 6.45) is 0. The van der Waals surface area contributed by atoms with Gasteiger partial charge in [0.05, 0.1) is 12.7 Å². The van der Waals surface area contributed by atoms with Crippen LogP contribution in [0.15, 0.2) is 46.9 Å². The van der Waals surface area contributed by atoms with E-state index in [0.29, 0.717) is 23.6 Å². The Balaban J connectivity index is 2.12. The van der Waals surface area contributed by atoms with Gasteiger partial charge in [-0.1, -0.05) is 28.1 Å². The minimum absolute atomic E-state index is 0.305. The summed E-state index contributed by atoms with van der Waals surface area (Å²) in [6.45, 7) is 0.407. The Labute approximate surface area is 125 Å². The van der Waals surface area contributed by atoms with Gasteiger partial charge in [-0.05, 0) is 35.9 Å². The molecule has 0 fully saturated rings. The van der Waals surface area contributed by atoms with Crippen LogP contribution in [0.4, 0.5) is 5.69 Å². The molecule has 0 aromatic heterocycles. The average molecular weight is 336 g/mol. The quantitative estimate of drug-likeness (QED) is 0.687. The molecule has 2 rings (SSSR count). The van der Waals surface area contributed by atoms with Gasteiger partial charge in [-0.2, -0.15) is 0 Å². The number of anilines is 1. The predicted molar refractivity (Wildman–Crippen MR) is 80.7 cm³/mol. The van der Waals surface area contributed by atoms with Gasteiger partial charge in [-0.3, -0.25) is 0 Å². The summed E-state index contributed by atoms with van der Waals surface area (Å²) >= 11 is 3.40. The average Bonchev–Trinajstić information content (AvgIpc) is 2.45. The van der Waals surface area contributed by atoms with Crippen molar-refractivity contribution in [2.24, 2.45) is 0 Å². The molecule has 0 aliphatic carbocycles. The van der Waals surface area contributed by atoms with Crippen LogP contribution in [-0.2, 0) is 11.3 Å². The van der Waals surface area contributed by atoms with E-state index in [0.717, 1.165) is 10.0 Å². The summed E-state index contributed by atoms with van der Waals surface area (Å²) in [5, 5.41) is 0. The summed E-state index contributed by atoms with van der Waals surface area (Å²) in [5.74, 6) is 0.0926. The third-order valence-corrected chi connectivity index (χ3v) is 3.22. The molecule has 2 aromatic rings. The Kier molecular flexibility index (Phi) is 4.63. The largest absolute Gasteiger partial charge is 0.489 e. The van der Waals surface area contributed by atoms with Crippen LogP contribution in [0.25, 0.3) is 0 Å². The van der Waals surface area contributed by atoms with Gasteiger partial charge in [0.2, 0.25) is 0 Å². The Morgan fingerprint density at radius 1 is 1.25 bits per heavy atom. The van der Waals surface area contributed by atoms with Crippen molar-refractivity contribution in [2.75, 3.05) is 12.8 Å². The highest BCUT2D eigenvalue weighted by molar-refractivity contribution is 9.10. The van der Waals surface area contributed by atoms with Crippen molar-refractivity contribution in [3.63, 3.8) is 0 Å². The predicted octanol–water partition coefficient (Wildman–Crippen LogP) is 3.40. The number of nitrogens with two attached hydrogens (primary N) is 1. The van der Waals surface area contributed by atoms with E-state index in [1.54, 1.807) is 18.2 Å². The zero-order chi connectivity index (χ0) is 14.5. The lowest BCUT2D eigenvalue weighted by Crippen LogP contribution is -2.06. The molecule has 0 saturated carbocycles. The lowest BCUT2D eigenvalue weighted by molar-refractivity contribution is 0.0601. The first-order valence-corrected chi connectivity index (χ1v) is 6.74. The third kappa shape index (κ3) is 3.51. The van der Waals surface area contributed by atoms with Gasteiger partial charge in [0.1, 0.15) is 12.4 Å². The number of hydrogen-bond acceptors (Lipinski definition) is 4. The Bertz CT molecular complexity index is 628. The smallest absolute Gasteiger partial charge is 0.340 e. The van der Waals surface area contributed by atoms with Crippen LogP contribution in [-0.4, -0.2) is 13.1 Å². The first-order chi connectivity index (χ1) is 9.60. The van der Waals surface area contributed by atoms with E-state index < -0.39 is 5.97 Å². The topological polar surface area (TPSA) is 61.5 Å². The van der Waals surface area contributed by atoms with Crippen molar-refractivity contribution in [3.8, 4) is 5.75 Å². The van der Waals surface area contributed by atoms with Crippen molar-refractivity contribution in [1.29, 1.82) is 0 Å². The van der Waals surface area contributed by atoms with Gasteiger partial charge in [0.15, 0.2) is 0 Å². The van der Waals surface area contributed by atoms with Gasteiger partial charge < -0.3 is 15.2 Å². The molecule has 0 heterocycles. The number of nitrogen functional groups attached to an aromatic ring is 1. The van der Waals surface area contributed by atoms with Crippen molar-refractivity contribution in [2.45, 2.75) is 6.61 Å². The highest BCUT2D eigenvalue weighted by Gasteiger charge is 2.11. The minimum Gasteiger partial charge on any atom is -0.489 e. The van der Waals surface area contributed by atoms with Gasteiger partial charge in [-0.15, -0.1) is 0 Å². The number of ether oxygens (including phenoxy) is 2. The summed E-state index contributed by atoms with van der Waals surface area (Å²) in [5.41, 5.74) is 7.43. The SMILES string of the molecule is COC(=O)c1cc(OCc2cccc(Br)c2)ccc1N. The van der Waals surface area contributed by atoms with Crippen molar-refractivity contribution in [3.05, 3.63) is 58.1 Å². The van der Waals surface area contributed by atoms with Crippen molar-refractivity contribution in [1.82, 2.24) is 0 Å². The number of benzene rings is 2. The molecular formula is C15H14BrNO3. The molecule has 0 unspecified atom stereocenters. The van der Waals surface area contributed by atoms with E-state index >= 15 is 0 Å². The lowest BCUT2D eigenvalue weighted by atomic mass is 10.1. The molecule has 104 valence electrons. The van der Waals surface area contributed by atoms with Crippen LogP contribution in [0.3, 0.4) is 0 Å². The van der Waals surface area contributed by atoms with Crippen LogP contribution < -0.4 is 10.5 Å². The Hall–Kier alpha value is -2.01. The molecule has 0 aliphatic rings. The second-order valence-electron chi connectivity index (χ2n) is 4.16. The van der Waals surface area contributed by atoms with Gasteiger partial charge in [-0.25, -0.2) is 4.79 Å². The molecule has 5 heteroatoms. The highest BCUT2D eigenvalue weighted by atomic mass is 79.9. The second kappa shape index (κ2) is 6.43. The third-order valence-electron chi connectivity index (χ3n) is 2.72. The number of esters is 1. The molecular weight excluding hydrogens is 322 g/mol. The molecule has 0 radical (unpaired) electrons. The van der Waals surface area contributed by atoms with Gasteiger partial charge >= 0.3 is 5.97 Å². The normalized spacial score (nSPS) is 10.1. The number of carbonyl (C=O) groups excluding carboxylic acids is 1. The van der Waals surface area contributed by atoms with E-state index in [1.165, 1.54) is 7.11 Å². The standard InChI is InChI=1S/C15H14BrNO3/c1-19-15(18)13-8-12(5-6-14(13)17)20-9-10-3-2-4-11(16)7-10/h2-8H,9,17H2,1H3. The highest BCUT2D eigenvalue weighted by Crippen LogP contribution is 2.22. The molecule has 4 nitrogen and oxygen atoms in total. The molecule has 0 amide bonds. The van der Waals surface area contributed by atoms with E-state index in [2.05, 4.69) is 20.7 Å². The van der Waals surface area contributed by atoms with E-state index in [-0.39, 0.29) is 0 Å². The number of methoxy groups -OCH3 is 1. The lowest BCUT2D eigenvalue weighted by Gasteiger charge is -2.09. The summed E-state index contributed by atoms with van der Waals surface area (Å²) in [7, 11) is 1.32. The molecule has 0 aliphatic heterocycles. The monoisotopic (exact) mass is 335 g/mol. The van der Waals surface area contributed by atoms with Crippen molar-refractivity contribution >= 4 is 27.6 Å². The van der Waals surface area contributed by atoms with Crippen LogP contribution in [0, 0.1) is 0 Å². The fourth-order valence-electron chi connectivity index (χ4n) is 1.71.